The van der Waals surface area contributed by atoms with Crippen molar-refractivity contribution >= 4 is 21.1 Å². The fraction of sp³-hybridized carbons (Fsp3) is 0. The molecule has 3 aromatic heterocycles. The first-order valence-corrected chi connectivity index (χ1v) is 8.91. The van der Waals surface area contributed by atoms with Gasteiger partial charge in [0.25, 0.3) is 10.0 Å². The van der Waals surface area contributed by atoms with Crippen LogP contribution in [0.1, 0.15) is 5.56 Å². The molecule has 0 spiro atoms. The third-order valence-corrected chi connectivity index (χ3v) is 5.65. The number of benzene rings is 1. The van der Waals surface area contributed by atoms with E-state index in [4.69, 9.17) is 0 Å². The Labute approximate surface area is 144 Å². The second-order valence-electron chi connectivity index (χ2n) is 5.43. The minimum absolute atomic E-state index is 0.144. The highest BCUT2D eigenvalue weighted by atomic mass is 32.2. The molecule has 0 aliphatic rings. The highest BCUT2D eigenvalue weighted by Gasteiger charge is 2.23. The van der Waals surface area contributed by atoms with E-state index in [0.717, 1.165) is 15.1 Å². The summed E-state index contributed by atoms with van der Waals surface area (Å²) in [6.45, 7) is 0. The van der Waals surface area contributed by atoms with Gasteiger partial charge in [-0.05, 0) is 35.4 Å². The van der Waals surface area contributed by atoms with Crippen LogP contribution < -0.4 is 0 Å². The number of fused-ring (bicyclic) bond motifs is 1. The zero-order chi connectivity index (χ0) is 17.4. The number of aromatic amines is 1. The number of aromatic nitrogens is 3. The van der Waals surface area contributed by atoms with Crippen molar-refractivity contribution in [3.63, 3.8) is 0 Å². The maximum Gasteiger partial charge on any atom is 0.269 e. The van der Waals surface area contributed by atoms with Gasteiger partial charge in [0.2, 0.25) is 0 Å². The van der Waals surface area contributed by atoms with Gasteiger partial charge in [0.15, 0.2) is 5.65 Å². The lowest BCUT2D eigenvalue weighted by Gasteiger charge is -2.07. The van der Waals surface area contributed by atoms with Crippen LogP contribution in [-0.4, -0.2) is 22.4 Å². The van der Waals surface area contributed by atoms with Crippen molar-refractivity contribution in [2.24, 2.45) is 0 Å². The Morgan fingerprint density at radius 3 is 2.60 bits per heavy atom. The highest BCUT2D eigenvalue weighted by molar-refractivity contribution is 7.90. The molecular weight excluding hydrogens is 336 g/mol. The minimum atomic E-state index is -3.85. The van der Waals surface area contributed by atoms with E-state index in [2.05, 4.69) is 16.0 Å². The number of nitrogens with one attached hydrogen (secondary N) is 1. The van der Waals surface area contributed by atoms with E-state index < -0.39 is 10.0 Å². The van der Waals surface area contributed by atoms with Gasteiger partial charge in [-0.25, -0.2) is 17.4 Å². The molecule has 4 aromatic rings. The SMILES string of the molecule is N#Cc1cn(S(=O)(=O)c2ccccc2)c2nccc(-c3cc[nH]c3)c12. The van der Waals surface area contributed by atoms with Crippen LogP contribution in [0.25, 0.3) is 22.2 Å². The predicted molar refractivity (Wildman–Crippen MR) is 93.3 cm³/mol. The first kappa shape index (κ1) is 15.2. The monoisotopic (exact) mass is 348 g/mol. The third-order valence-electron chi connectivity index (χ3n) is 3.98. The predicted octanol–water partition coefficient (Wildman–Crippen LogP) is 3.14. The van der Waals surface area contributed by atoms with Gasteiger partial charge in [-0.1, -0.05) is 18.2 Å². The van der Waals surface area contributed by atoms with Crippen molar-refractivity contribution in [2.75, 3.05) is 0 Å². The molecule has 7 heteroatoms. The van der Waals surface area contributed by atoms with Gasteiger partial charge in [-0.3, -0.25) is 0 Å². The molecule has 0 aliphatic carbocycles. The van der Waals surface area contributed by atoms with Crippen LogP contribution >= 0.6 is 0 Å². The summed E-state index contributed by atoms with van der Waals surface area (Å²) in [4.78, 5) is 7.34. The Balaban J connectivity index is 2.06. The number of nitriles is 1. The summed E-state index contributed by atoms with van der Waals surface area (Å²) in [7, 11) is -3.85. The molecule has 25 heavy (non-hydrogen) atoms. The van der Waals surface area contributed by atoms with Gasteiger partial charge in [0.1, 0.15) is 6.07 Å². The van der Waals surface area contributed by atoms with Crippen LogP contribution in [0.4, 0.5) is 0 Å². The number of nitrogens with zero attached hydrogens (tertiary/aromatic N) is 3. The average Bonchev–Trinajstić information content (AvgIpc) is 3.30. The van der Waals surface area contributed by atoms with Crippen molar-refractivity contribution in [1.82, 2.24) is 13.9 Å². The van der Waals surface area contributed by atoms with E-state index in [1.807, 2.05) is 6.07 Å². The molecule has 0 unspecified atom stereocenters. The summed E-state index contributed by atoms with van der Waals surface area (Å²) in [6.07, 6.45) is 6.43. The summed E-state index contributed by atoms with van der Waals surface area (Å²) in [5.74, 6) is 0. The third kappa shape index (κ3) is 2.31. The minimum Gasteiger partial charge on any atom is -0.367 e. The summed E-state index contributed by atoms with van der Waals surface area (Å²) in [5.41, 5.74) is 2.11. The smallest absolute Gasteiger partial charge is 0.269 e. The van der Waals surface area contributed by atoms with Crippen molar-refractivity contribution in [3.05, 3.63) is 72.8 Å². The largest absolute Gasteiger partial charge is 0.367 e. The van der Waals surface area contributed by atoms with Gasteiger partial charge in [-0.2, -0.15) is 5.26 Å². The fourth-order valence-corrected chi connectivity index (χ4v) is 4.17. The molecular formula is C18H12N4O2S. The Morgan fingerprint density at radius 1 is 1.12 bits per heavy atom. The molecule has 1 aromatic carbocycles. The Morgan fingerprint density at radius 2 is 1.92 bits per heavy atom. The number of hydrogen-bond acceptors (Lipinski definition) is 4. The number of H-pyrrole nitrogens is 1. The van der Waals surface area contributed by atoms with Crippen LogP contribution in [0.3, 0.4) is 0 Å². The second kappa shape index (κ2) is 5.61. The standard InChI is InChI=1S/C18H12N4O2S/c19-10-14-12-22(25(23,24)15-4-2-1-3-5-15)18-17(14)16(7-9-21-18)13-6-8-20-11-13/h1-9,11-12,20H. The van der Waals surface area contributed by atoms with Crippen molar-refractivity contribution in [3.8, 4) is 17.2 Å². The molecule has 0 saturated heterocycles. The lowest BCUT2D eigenvalue weighted by atomic mass is 10.0. The van der Waals surface area contributed by atoms with Crippen LogP contribution in [-0.2, 0) is 10.0 Å². The van der Waals surface area contributed by atoms with Crippen LogP contribution in [0.5, 0.6) is 0 Å². The van der Waals surface area contributed by atoms with Crippen molar-refractivity contribution in [2.45, 2.75) is 4.90 Å². The zero-order valence-electron chi connectivity index (χ0n) is 12.9. The number of rotatable bonds is 3. The van der Waals surface area contributed by atoms with Crippen LogP contribution in [0.15, 0.2) is 72.1 Å². The Bertz CT molecular complexity index is 1200. The van der Waals surface area contributed by atoms with E-state index >= 15 is 0 Å². The first-order chi connectivity index (χ1) is 12.1. The average molecular weight is 348 g/mol. The van der Waals surface area contributed by atoms with E-state index in [1.165, 1.54) is 18.3 Å². The van der Waals surface area contributed by atoms with E-state index in [9.17, 15) is 13.7 Å². The zero-order valence-corrected chi connectivity index (χ0v) is 13.7. The molecule has 0 amide bonds. The van der Waals surface area contributed by atoms with E-state index in [0.29, 0.717) is 5.39 Å². The van der Waals surface area contributed by atoms with Gasteiger partial charge in [-0.15, -0.1) is 0 Å². The molecule has 0 radical (unpaired) electrons. The summed E-state index contributed by atoms with van der Waals surface area (Å²) >= 11 is 0. The molecule has 1 N–H and O–H groups in total. The maximum absolute atomic E-state index is 13.0. The first-order valence-electron chi connectivity index (χ1n) is 7.47. The maximum atomic E-state index is 13.0. The van der Waals surface area contributed by atoms with Gasteiger partial charge in [0.05, 0.1) is 10.5 Å². The van der Waals surface area contributed by atoms with Crippen molar-refractivity contribution < 1.29 is 8.42 Å². The highest BCUT2D eigenvalue weighted by Crippen LogP contribution is 2.32. The Hall–Kier alpha value is -3.37. The lowest BCUT2D eigenvalue weighted by molar-refractivity contribution is 0.588. The molecule has 6 nitrogen and oxygen atoms in total. The Kier molecular flexibility index (Phi) is 3.41. The quantitative estimate of drug-likeness (QED) is 0.616. The number of pyridine rings is 1. The van der Waals surface area contributed by atoms with Crippen LogP contribution in [0, 0.1) is 11.3 Å². The molecule has 0 fully saturated rings. The van der Waals surface area contributed by atoms with E-state index in [1.54, 1.807) is 42.9 Å². The lowest BCUT2D eigenvalue weighted by Crippen LogP contribution is -2.12. The molecule has 0 saturated carbocycles. The normalized spacial score (nSPS) is 11.5. The molecule has 0 aliphatic heterocycles. The molecule has 0 atom stereocenters. The molecule has 0 bridgehead atoms. The topological polar surface area (TPSA) is 91.5 Å². The summed E-state index contributed by atoms with van der Waals surface area (Å²) in [5, 5.41) is 10.0. The molecule has 4 rings (SSSR count). The van der Waals surface area contributed by atoms with Gasteiger partial charge >= 0.3 is 0 Å². The van der Waals surface area contributed by atoms with Crippen LogP contribution in [0.2, 0.25) is 0 Å². The molecule has 3 heterocycles. The second-order valence-corrected chi connectivity index (χ2v) is 7.24. The van der Waals surface area contributed by atoms with E-state index in [-0.39, 0.29) is 16.1 Å². The summed E-state index contributed by atoms with van der Waals surface area (Å²) < 4.78 is 27.0. The summed E-state index contributed by atoms with van der Waals surface area (Å²) in [6, 6.07) is 13.8. The number of hydrogen-bond donors (Lipinski definition) is 1. The fourth-order valence-electron chi connectivity index (χ4n) is 2.83. The van der Waals surface area contributed by atoms with Gasteiger partial charge in [0, 0.05) is 30.2 Å². The molecule has 122 valence electrons. The van der Waals surface area contributed by atoms with Crippen molar-refractivity contribution in [1.29, 1.82) is 5.26 Å². The van der Waals surface area contributed by atoms with Gasteiger partial charge < -0.3 is 4.98 Å².